The number of pyridine rings is 1. The Kier molecular flexibility index (Phi) is 4.64. The molecule has 1 amide bonds. The molecule has 1 aliphatic rings. The van der Waals surface area contributed by atoms with Crippen LogP contribution in [-0.4, -0.2) is 22.0 Å². The van der Waals surface area contributed by atoms with Gasteiger partial charge < -0.3 is 9.88 Å². The van der Waals surface area contributed by atoms with Crippen LogP contribution in [0.5, 0.6) is 0 Å². The van der Waals surface area contributed by atoms with E-state index in [-0.39, 0.29) is 11.5 Å². The molecule has 1 atom stereocenters. The first kappa shape index (κ1) is 19.2. The van der Waals surface area contributed by atoms with Crippen molar-refractivity contribution in [1.82, 2.24) is 14.9 Å². The number of carbonyl (C=O) groups is 1. The Morgan fingerprint density at radius 1 is 1.10 bits per heavy atom. The highest BCUT2D eigenvalue weighted by Crippen LogP contribution is 2.34. The number of nitrogens with zero attached hydrogens (tertiary/aromatic N) is 2. The van der Waals surface area contributed by atoms with Crippen LogP contribution < -0.4 is 5.32 Å². The largest absolute Gasteiger partial charge is 0.416 e. The van der Waals surface area contributed by atoms with Crippen molar-refractivity contribution in [2.24, 2.45) is 0 Å². The van der Waals surface area contributed by atoms with E-state index in [0.717, 1.165) is 23.4 Å². The number of aromatic nitrogens is 2. The van der Waals surface area contributed by atoms with Crippen molar-refractivity contribution in [1.29, 1.82) is 0 Å². The normalized spacial score (nSPS) is 15.0. The summed E-state index contributed by atoms with van der Waals surface area (Å²) in [4.78, 5) is 16.2. The first-order valence-corrected chi connectivity index (χ1v) is 9.06. The number of halogens is 4. The molecule has 0 bridgehead atoms. The van der Waals surface area contributed by atoms with Gasteiger partial charge in [0.05, 0.1) is 5.56 Å². The Bertz CT molecular complexity index is 1090. The molecular weight excluding hydrogens is 386 g/mol. The number of hydrogen-bond acceptors (Lipinski definition) is 2. The van der Waals surface area contributed by atoms with Crippen molar-refractivity contribution in [3.8, 4) is 11.3 Å². The van der Waals surface area contributed by atoms with Gasteiger partial charge in [-0.05, 0) is 48.0 Å². The van der Waals surface area contributed by atoms with E-state index >= 15 is 0 Å². The molecule has 4 rings (SSSR count). The Morgan fingerprint density at radius 3 is 2.62 bits per heavy atom. The van der Waals surface area contributed by atoms with E-state index in [1.54, 1.807) is 31.3 Å². The molecule has 0 radical (unpaired) electrons. The lowest BCUT2D eigenvalue weighted by Crippen LogP contribution is -2.35. The van der Waals surface area contributed by atoms with Crippen molar-refractivity contribution in [2.75, 3.05) is 6.54 Å². The van der Waals surface area contributed by atoms with Gasteiger partial charge in [0, 0.05) is 42.2 Å². The zero-order valence-electron chi connectivity index (χ0n) is 15.4. The summed E-state index contributed by atoms with van der Waals surface area (Å²) in [5.41, 5.74) is 1.84. The van der Waals surface area contributed by atoms with Crippen LogP contribution in [-0.2, 0) is 12.7 Å². The Morgan fingerprint density at radius 2 is 1.86 bits per heavy atom. The van der Waals surface area contributed by atoms with E-state index in [4.69, 9.17) is 0 Å². The fourth-order valence-corrected chi connectivity index (χ4v) is 3.57. The minimum absolute atomic E-state index is 0.149. The zero-order valence-corrected chi connectivity index (χ0v) is 15.4. The third kappa shape index (κ3) is 3.62. The molecule has 29 heavy (non-hydrogen) atoms. The summed E-state index contributed by atoms with van der Waals surface area (Å²) in [5, 5.41) is 2.78. The molecule has 1 aliphatic heterocycles. The van der Waals surface area contributed by atoms with Crippen LogP contribution in [0.15, 0.2) is 48.7 Å². The Labute approximate surface area is 164 Å². The van der Waals surface area contributed by atoms with Crippen LogP contribution in [0.2, 0.25) is 0 Å². The maximum Gasteiger partial charge on any atom is 0.416 e. The van der Waals surface area contributed by atoms with E-state index < -0.39 is 23.5 Å². The Balaban J connectivity index is 1.72. The van der Waals surface area contributed by atoms with Crippen LogP contribution in [0.25, 0.3) is 11.3 Å². The number of nitrogens with one attached hydrogen (secondary N) is 1. The summed E-state index contributed by atoms with van der Waals surface area (Å²) in [5.74, 6) is -1.64. The van der Waals surface area contributed by atoms with Gasteiger partial charge in [0.1, 0.15) is 11.5 Å². The fraction of sp³-hybridized carbons (Fsp3) is 0.238. The summed E-state index contributed by atoms with van der Waals surface area (Å²) >= 11 is 0. The van der Waals surface area contributed by atoms with E-state index in [1.807, 2.05) is 10.6 Å². The minimum Gasteiger partial charge on any atom is -0.349 e. The Hall–Kier alpha value is -3.16. The van der Waals surface area contributed by atoms with Crippen molar-refractivity contribution in [3.63, 3.8) is 0 Å². The van der Waals surface area contributed by atoms with Gasteiger partial charge >= 0.3 is 6.18 Å². The highest BCUT2D eigenvalue weighted by atomic mass is 19.4. The molecule has 0 saturated heterocycles. The fourth-order valence-electron chi connectivity index (χ4n) is 3.57. The number of amides is 1. The molecule has 0 aliphatic carbocycles. The number of alkyl halides is 3. The van der Waals surface area contributed by atoms with Crippen molar-refractivity contribution in [2.45, 2.75) is 25.6 Å². The summed E-state index contributed by atoms with van der Waals surface area (Å²) in [6.45, 7) is 2.82. The maximum atomic E-state index is 13.8. The number of hydrogen-bond donors (Lipinski definition) is 1. The SMILES string of the molecule is CC(c1cc(F)cc(C(F)(F)F)c1)c1cc(-c2ccc3n2CCNC3=O)ccn1. The van der Waals surface area contributed by atoms with Gasteiger partial charge in [-0.25, -0.2) is 4.39 Å². The lowest BCUT2D eigenvalue weighted by Gasteiger charge is -2.19. The molecule has 0 spiro atoms. The van der Waals surface area contributed by atoms with Crippen molar-refractivity contribution >= 4 is 5.91 Å². The molecule has 3 heterocycles. The summed E-state index contributed by atoms with van der Waals surface area (Å²) in [6, 6.07) is 9.63. The highest BCUT2D eigenvalue weighted by molar-refractivity contribution is 5.94. The van der Waals surface area contributed by atoms with Gasteiger partial charge in [-0.3, -0.25) is 9.78 Å². The van der Waals surface area contributed by atoms with E-state index in [1.165, 1.54) is 0 Å². The van der Waals surface area contributed by atoms with Crippen LogP contribution in [0.4, 0.5) is 17.6 Å². The summed E-state index contributed by atoms with van der Waals surface area (Å²) < 4.78 is 54.8. The molecule has 1 N–H and O–H groups in total. The first-order chi connectivity index (χ1) is 13.7. The van der Waals surface area contributed by atoms with Gasteiger partial charge in [0.25, 0.3) is 5.91 Å². The number of benzene rings is 1. The van der Waals surface area contributed by atoms with Crippen molar-refractivity contribution < 1.29 is 22.4 Å². The van der Waals surface area contributed by atoms with Gasteiger partial charge in [-0.1, -0.05) is 6.92 Å². The molecule has 2 aromatic heterocycles. The quantitative estimate of drug-likeness (QED) is 0.650. The smallest absolute Gasteiger partial charge is 0.349 e. The standard InChI is InChI=1S/C21H17F4N3O/c1-12(14-8-15(21(23,24)25)11-16(22)9-14)17-10-13(4-5-26-17)18-2-3-19-20(29)27-6-7-28(18)19/h2-5,8-12H,6-7H2,1H3,(H,27,29). The molecule has 0 fully saturated rings. The van der Waals surface area contributed by atoms with Crippen LogP contribution in [0.3, 0.4) is 0 Å². The molecule has 1 aromatic carbocycles. The second-order valence-electron chi connectivity index (χ2n) is 6.97. The van der Waals surface area contributed by atoms with Gasteiger partial charge in [0.2, 0.25) is 0 Å². The average Bonchev–Trinajstić information content (AvgIpc) is 3.12. The molecule has 4 nitrogen and oxygen atoms in total. The predicted octanol–water partition coefficient (Wildman–Crippen LogP) is 4.60. The molecular formula is C21H17F4N3O. The average molecular weight is 403 g/mol. The second kappa shape index (κ2) is 7.02. The lowest BCUT2D eigenvalue weighted by atomic mass is 9.94. The summed E-state index contributed by atoms with van der Waals surface area (Å²) in [7, 11) is 0. The van der Waals surface area contributed by atoms with E-state index in [2.05, 4.69) is 10.3 Å². The van der Waals surface area contributed by atoms with Crippen molar-refractivity contribution in [3.05, 3.63) is 77.0 Å². The number of fused-ring (bicyclic) bond motifs is 1. The number of carbonyl (C=O) groups excluding carboxylic acids is 1. The topological polar surface area (TPSA) is 46.9 Å². The molecule has 1 unspecified atom stereocenters. The van der Waals surface area contributed by atoms with Crippen LogP contribution >= 0.6 is 0 Å². The zero-order chi connectivity index (χ0) is 20.8. The van der Waals surface area contributed by atoms with Gasteiger partial charge in [0.15, 0.2) is 0 Å². The minimum atomic E-state index is -4.63. The van der Waals surface area contributed by atoms with Gasteiger partial charge in [-0.15, -0.1) is 0 Å². The monoisotopic (exact) mass is 403 g/mol. The third-order valence-corrected chi connectivity index (χ3v) is 5.10. The molecule has 8 heteroatoms. The van der Waals surface area contributed by atoms with Gasteiger partial charge in [-0.2, -0.15) is 13.2 Å². The molecule has 150 valence electrons. The lowest BCUT2D eigenvalue weighted by molar-refractivity contribution is -0.137. The highest BCUT2D eigenvalue weighted by Gasteiger charge is 2.32. The second-order valence-corrected chi connectivity index (χ2v) is 6.97. The van der Waals surface area contributed by atoms with Crippen LogP contribution in [0.1, 0.15) is 40.2 Å². The van der Waals surface area contributed by atoms with Crippen LogP contribution in [0, 0.1) is 5.82 Å². The maximum absolute atomic E-state index is 13.8. The van der Waals surface area contributed by atoms with E-state index in [9.17, 15) is 22.4 Å². The third-order valence-electron chi connectivity index (χ3n) is 5.10. The first-order valence-electron chi connectivity index (χ1n) is 9.06. The summed E-state index contributed by atoms with van der Waals surface area (Å²) in [6.07, 6.45) is -3.06. The molecule has 0 saturated carbocycles. The number of rotatable bonds is 3. The molecule has 3 aromatic rings. The van der Waals surface area contributed by atoms with E-state index in [0.29, 0.717) is 30.5 Å². The predicted molar refractivity (Wildman–Crippen MR) is 98.9 cm³/mol.